The Morgan fingerprint density at radius 3 is 2.52 bits per heavy atom. The van der Waals surface area contributed by atoms with E-state index in [0.29, 0.717) is 33.5 Å². The number of nitrogens with one attached hydrogen (secondary N) is 1. The number of carbonyl (C=O) groups is 1. The summed E-state index contributed by atoms with van der Waals surface area (Å²) in [6.45, 7) is 0. The van der Waals surface area contributed by atoms with Gasteiger partial charge in [-0.25, -0.2) is 23.5 Å². The molecule has 0 aliphatic rings. The number of thioether (sulfide) groups is 1. The van der Waals surface area contributed by atoms with Crippen LogP contribution in [0.4, 0.5) is 11.5 Å². The fraction of sp³-hybridized carbons (Fsp3) is 0.0870. The van der Waals surface area contributed by atoms with Crippen LogP contribution in [-0.4, -0.2) is 37.0 Å². The molecule has 0 saturated carbocycles. The number of rotatable bonds is 8. The summed E-state index contributed by atoms with van der Waals surface area (Å²) in [7, 11) is -2.27. The van der Waals surface area contributed by atoms with Gasteiger partial charge < -0.3 is 10.1 Å². The van der Waals surface area contributed by atoms with Crippen LogP contribution in [0, 0.1) is 0 Å². The van der Waals surface area contributed by atoms with Gasteiger partial charge in [0, 0.05) is 16.6 Å². The van der Waals surface area contributed by atoms with Crippen molar-refractivity contribution < 1.29 is 17.9 Å². The summed E-state index contributed by atoms with van der Waals surface area (Å²) in [5, 5.41) is 9.56. The number of fused-ring (bicyclic) bond motifs is 1. The molecule has 168 valence electrons. The van der Waals surface area contributed by atoms with Crippen LogP contribution in [0.25, 0.3) is 10.9 Å². The molecular weight excluding hydrogens is 460 g/mol. The molecule has 3 N–H and O–H groups in total. The van der Waals surface area contributed by atoms with Crippen LogP contribution >= 0.6 is 11.8 Å². The SMILES string of the molecule is COc1ccc(C(=O)CSc2nc(Nc3cccc(S(N)(=O)=O)c3)c3ccccc3n2)cc1. The topological polar surface area (TPSA) is 124 Å². The number of aromatic nitrogens is 2. The van der Waals surface area contributed by atoms with Gasteiger partial charge >= 0.3 is 0 Å². The van der Waals surface area contributed by atoms with E-state index >= 15 is 0 Å². The van der Waals surface area contributed by atoms with Crippen LogP contribution in [0.3, 0.4) is 0 Å². The minimum Gasteiger partial charge on any atom is -0.497 e. The summed E-state index contributed by atoms with van der Waals surface area (Å²) in [4.78, 5) is 21.7. The highest BCUT2D eigenvalue weighted by Gasteiger charge is 2.13. The summed E-state index contributed by atoms with van der Waals surface area (Å²) in [6, 6.07) is 20.5. The maximum absolute atomic E-state index is 12.6. The molecule has 10 heteroatoms. The van der Waals surface area contributed by atoms with E-state index in [-0.39, 0.29) is 16.4 Å². The van der Waals surface area contributed by atoms with Crippen LogP contribution in [0.2, 0.25) is 0 Å². The first-order chi connectivity index (χ1) is 15.8. The Labute approximate surface area is 195 Å². The zero-order valence-corrected chi connectivity index (χ0v) is 19.2. The first-order valence-electron chi connectivity index (χ1n) is 9.80. The average molecular weight is 481 g/mol. The van der Waals surface area contributed by atoms with Gasteiger partial charge in [-0.1, -0.05) is 30.0 Å². The van der Waals surface area contributed by atoms with E-state index in [1.165, 1.54) is 23.9 Å². The van der Waals surface area contributed by atoms with Gasteiger partial charge in [-0.3, -0.25) is 4.79 Å². The molecule has 4 rings (SSSR count). The Morgan fingerprint density at radius 2 is 1.79 bits per heavy atom. The fourth-order valence-corrected chi connectivity index (χ4v) is 4.40. The van der Waals surface area contributed by atoms with E-state index in [1.807, 2.05) is 24.3 Å². The summed E-state index contributed by atoms with van der Waals surface area (Å²) < 4.78 is 28.5. The quantitative estimate of drug-likeness (QED) is 0.220. The van der Waals surface area contributed by atoms with Gasteiger partial charge in [0.2, 0.25) is 10.0 Å². The van der Waals surface area contributed by atoms with Crippen LogP contribution in [0.1, 0.15) is 10.4 Å². The number of sulfonamides is 1. The third-order valence-corrected chi connectivity index (χ3v) is 6.51. The van der Waals surface area contributed by atoms with Gasteiger partial charge in [-0.15, -0.1) is 0 Å². The maximum atomic E-state index is 12.6. The number of Topliss-reactive ketones (excluding diaryl/α,β-unsaturated/α-hetero) is 1. The summed E-state index contributed by atoms with van der Waals surface area (Å²) in [5.74, 6) is 1.27. The molecular formula is C23H20N4O4S2. The molecule has 0 radical (unpaired) electrons. The molecule has 0 aliphatic heterocycles. The highest BCUT2D eigenvalue weighted by Crippen LogP contribution is 2.28. The number of hydrogen-bond donors (Lipinski definition) is 2. The van der Waals surface area contributed by atoms with Crippen molar-refractivity contribution >= 4 is 50.0 Å². The third-order valence-electron chi connectivity index (χ3n) is 4.75. The van der Waals surface area contributed by atoms with E-state index in [1.54, 1.807) is 43.5 Å². The monoisotopic (exact) mass is 480 g/mol. The Kier molecular flexibility index (Phi) is 6.59. The number of hydrogen-bond acceptors (Lipinski definition) is 8. The highest BCUT2D eigenvalue weighted by molar-refractivity contribution is 7.99. The van der Waals surface area contributed by atoms with Gasteiger partial charge in [-0.2, -0.15) is 0 Å². The lowest BCUT2D eigenvalue weighted by molar-refractivity contribution is 0.102. The normalized spacial score (nSPS) is 11.3. The molecule has 4 aromatic rings. The summed E-state index contributed by atoms with van der Waals surface area (Å²) in [5.41, 5.74) is 1.77. The number of ether oxygens (including phenoxy) is 1. The molecule has 0 amide bonds. The van der Waals surface area contributed by atoms with Crippen molar-refractivity contribution in [2.24, 2.45) is 5.14 Å². The second-order valence-electron chi connectivity index (χ2n) is 7.01. The molecule has 0 bridgehead atoms. The third kappa shape index (κ3) is 5.48. The average Bonchev–Trinajstić information content (AvgIpc) is 2.82. The molecule has 1 aromatic heterocycles. The van der Waals surface area contributed by atoms with Crippen LogP contribution < -0.4 is 15.2 Å². The number of ketones is 1. The lowest BCUT2D eigenvalue weighted by Crippen LogP contribution is -2.12. The van der Waals surface area contributed by atoms with Crippen LogP contribution in [0.15, 0.2) is 82.8 Å². The standard InChI is InChI=1S/C23H20N4O4S2/c1-31-17-11-9-15(10-12-17)21(28)14-32-23-26-20-8-3-2-7-19(20)22(27-23)25-16-5-4-6-18(13-16)33(24,29)30/h2-13H,14H2,1H3,(H2,24,29,30)(H,25,26,27). The first kappa shape index (κ1) is 22.7. The van der Waals surface area contributed by atoms with E-state index in [4.69, 9.17) is 9.88 Å². The van der Waals surface area contributed by atoms with E-state index in [0.717, 1.165) is 5.39 Å². The largest absolute Gasteiger partial charge is 0.497 e. The maximum Gasteiger partial charge on any atom is 0.238 e. The lowest BCUT2D eigenvalue weighted by Gasteiger charge is -2.11. The van der Waals surface area contributed by atoms with Crippen molar-refractivity contribution in [1.82, 2.24) is 9.97 Å². The zero-order chi connectivity index (χ0) is 23.4. The number of anilines is 2. The van der Waals surface area contributed by atoms with E-state index < -0.39 is 10.0 Å². The smallest absolute Gasteiger partial charge is 0.238 e. The summed E-state index contributed by atoms with van der Waals surface area (Å²) in [6.07, 6.45) is 0. The number of nitrogens with zero attached hydrogens (tertiary/aromatic N) is 2. The first-order valence-corrected chi connectivity index (χ1v) is 12.3. The molecule has 0 atom stereocenters. The van der Waals surface area contributed by atoms with Crippen molar-refractivity contribution in [2.75, 3.05) is 18.2 Å². The van der Waals surface area contributed by atoms with Crippen LogP contribution in [0.5, 0.6) is 5.75 Å². The van der Waals surface area contributed by atoms with Crippen molar-refractivity contribution in [3.8, 4) is 5.75 Å². The fourth-order valence-electron chi connectivity index (χ4n) is 3.09. The predicted molar refractivity (Wildman–Crippen MR) is 129 cm³/mol. The molecule has 0 spiro atoms. The number of para-hydroxylation sites is 1. The Morgan fingerprint density at radius 1 is 1.03 bits per heavy atom. The molecule has 0 unspecified atom stereocenters. The molecule has 0 saturated heterocycles. The van der Waals surface area contributed by atoms with Crippen molar-refractivity contribution in [1.29, 1.82) is 0 Å². The molecule has 0 fully saturated rings. The summed E-state index contributed by atoms with van der Waals surface area (Å²) >= 11 is 1.22. The van der Waals surface area contributed by atoms with Crippen molar-refractivity contribution in [2.45, 2.75) is 10.1 Å². The van der Waals surface area contributed by atoms with Crippen molar-refractivity contribution in [3.05, 3.63) is 78.4 Å². The van der Waals surface area contributed by atoms with Gasteiger partial charge in [0.15, 0.2) is 10.9 Å². The Bertz CT molecular complexity index is 1420. The lowest BCUT2D eigenvalue weighted by atomic mass is 10.1. The number of primary sulfonamides is 1. The second kappa shape index (κ2) is 9.57. The molecule has 1 heterocycles. The van der Waals surface area contributed by atoms with Crippen LogP contribution in [-0.2, 0) is 10.0 Å². The molecule has 8 nitrogen and oxygen atoms in total. The molecule has 3 aromatic carbocycles. The number of methoxy groups -OCH3 is 1. The number of benzene rings is 3. The highest BCUT2D eigenvalue weighted by atomic mass is 32.2. The minimum atomic E-state index is -3.84. The van der Waals surface area contributed by atoms with Gasteiger partial charge in [0.1, 0.15) is 11.6 Å². The second-order valence-corrected chi connectivity index (χ2v) is 9.51. The number of nitrogens with two attached hydrogens (primary N) is 1. The molecule has 33 heavy (non-hydrogen) atoms. The zero-order valence-electron chi connectivity index (χ0n) is 17.6. The van der Waals surface area contributed by atoms with Crippen molar-refractivity contribution in [3.63, 3.8) is 0 Å². The van der Waals surface area contributed by atoms with Gasteiger partial charge in [0.05, 0.1) is 23.3 Å². The van der Waals surface area contributed by atoms with Gasteiger partial charge in [-0.05, 0) is 54.6 Å². The van der Waals surface area contributed by atoms with E-state index in [9.17, 15) is 13.2 Å². The molecule has 0 aliphatic carbocycles. The predicted octanol–water partition coefficient (Wildman–Crippen LogP) is 4.00. The number of carbonyl (C=O) groups excluding carboxylic acids is 1. The van der Waals surface area contributed by atoms with E-state index in [2.05, 4.69) is 15.3 Å². The minimum absolute atomic E-state index is 0.00875. The Balaban J connectivity index is 1.59. The Hall–Kier alpha value is -3.47. The van der Waals surface area contributed by atoms with Gasteiger partial charge in [0.25, 0.3) is 0 Å².